The van der Waals surface area contributed by atoms with E-state index in [0.717, 1.165) is 13.2 Å². The molecule has 0 amide bonds. The maximum Gasteiger partial charge on any atom is 1.00 e. The van der Waals surface area contributed by atoms with Crippen molar-refractivity contribution in [3.05, 3.63) is 0 Å². The van der Waals surface area contributed by atoms with Crippen molar-refractivity contribution in [3.8, 4) is 0 Å². The van der Waals surface area contributed by atoms with Crippen LogP contribution in [0.2, 0.25) is 0 Å². The first kappa shape index (κ1) is 32.2. The van der Waals surface area contributed by atoms with Crippen molar-refractivity contribution in [2.24, 2.45) is 0 Å². The molecule has 0 atom stereocenters. The van der Waals surface area contributed by atoms with Crippen molar-refractivity contribution < 1.29 is 156 Å². The average molecular weight is 310 g/mol. The van der Waals surface area contributed by atoms with Gasteiger partial charge in [0, 0.05) is 0 Å². The summed E-state index contributed by atoms with van der Waals surface area (Å²) in [5, 5.41) is 0. The van der Waals surface area contributed by atoms with Gasteiger partial charge in [-0.1, -0.05) is 0 Å². The van der Waals surface area contributed by atoms with E-state index in [-0.39, 0.29) is 118 Å². The smallest absolute Gasteiger partial charge is 0.790 e. The second-order valence-corrected chi connectivity index (χ2v) is 4.03. The third-order valence-electron chi connectivity index (χ3n) is 0.404. The van der Waals surface area contributed by atoms with Crippen LogP contribution in [0, 0.1) is 0 Å². The molecule has 14 heteroatoms. The fourth-order valence-electron chi connectivity index (χ4n) is 0.122. The number of rotatable bonds is 2. The van der Waals surface area contributed by atoms with Crippen molar-refractivity contribution in [2.75, 3.05) is 13.2 Å². The summed E-state index contributed by atoms with van der Waals surface area (Å²) < 4.78 is 25.7. The molecule has 0 unspecified atom stereocenters. The number of hydrogen-bond acceptors (Lipinski definition) is 8. The minimum atomic E-state index is -5.68. The van der Waals surface area contributed by atoms with E-state index in [1.165, 1.54) is 0 Å². The Labute approximate surface area is 181 Å². The van der Waals surface area contributed by atoms with Crippen molar-refractivity contribution >= 4 is 15.6 Å². The van der Waals surface area contributed by atoms with Crippen LogP contribution in [0.1, 0.15) is 0 Å². The van der Waals surface area contributed by atoms with Gasteiger partial charge in [0.15, 0.2) is 0 Å². The molecule has 0 spiro atoms. The predicted octanol–water partition coefficient (Wildman–Crippen LogP) is -15.3. The van der Waals surface area contributed by atoms with Gasteiger partial charge in [0.25, 0.3) is 0 Å². The van der Waals surface area contributed by atoms with Crippen LogP contribution in [0.3, 0.4) is 0 Å². The minimum absolute atomic E-state index is 0. The fraction of sp³-hybridized carbons (Fsp3) is 1.00. The summed E-state index contributed by atoms with van der Waals surface area (Å²) in [5.41, 5.74) is 0. The Hall–Kier alpha value is 4.22. The molecule has 74 valence electrons. The predicted molar refractivity (Wildman–Crippen MR) is 27.1 cm³/mol. The normalized spacial score (nSPS) is 12.2. The van der Waals surface area contributed by atoms with Crippen LogP contribution in [-0.2, 0) is 18.2 Å². The van der Waals surface area contributed by atoms with Crippen molar-refractivity contribution in [3.63, 3.8) is 0 Å². The van der Waals surface area contributed by atoms with E-state index in [1.807, 2.05) is 0 Å². The largest absolute Gasteiger partial charge is 1.00 e. The second kappa shape index (κ2) is 15.6. The van der Waals surface area contributed by atoms with Gasteiger partial charge in [-0.3, -0.25) is 0 Å². The van der Waals surface area contributed by atoms with Gasteiger partial charge in [-0.25, -0.2) is 0 Å². The maximum absolute atomic E-state index is 9.32. The van der Waals surface area contributed by atoms with Crippen LogP contribution in [0.5, 0.6) is 0 Å². The van der Waals surface area contributed by atoms with E-state index < -0.39 is 15.6 Å². The fourth-order valence-corrected chi connectivity index (χ4v) is 1.10. The molecule has 0 aromatic carbocycles. The zero-order valence-electron chi connectivity index (χ0n) is 9.57. The van der Waals surface area contributed by atoms with Gasteiger partial charge in [-0.05, 0) is 0 Å². The van der Waals surface area contributed by atoms with Gasteiger partial charge in [-0.2, -0.15) is 0 Å². The maximum atomic E-state index is 9.32. The molecule has 1 saturated heterocycles. The Morgan fingerprint density at radius 3 is 1.00 bits per heavy atom. The van der Waals surface area contributed by atoms with Gasteiger partial charge in [0.2, 0.25) is 0 Å². The number of epoxide rings is 1. The first-order valence-electron chi connectivity index (χ1n) is 2.54. The SMILES string of the molecule is C1CO1.O=P([O-])([O-])OP(=O)([O-])[O-].[Na+].[Na+].[Na+].[Na+]. The summed E-state index contributed by atoms with van der Waals surface area (Å²) in [7, 11) is -11.4. The van der Waals surface area contributed by atoms with Gasteiger partial charge in [0.05, 0.1) is 28.9 Å². The molecule has 1 heterocycles. The molecule has 0 saturated carbocycles. The molecule has 1 rings (SSSR count). The molecule has 0 N–H and O–H groups in total. The van der Waals surface area contributed by atoms with Gasteiger partial charge in [-0.15, -0.1) is 0 Å². The Morgan fingerprint density at radius 2 is 1.00 bits per heavy atom. The number of ether oxygens (including phenoxy) is 1. The molecular weight excluding hydrogens is 306 g/mol. The molecule has 1 aliphatic rings. The Bertz CT molecular complexity index is 199. The van der Waals surface area contributed by atoms with Crippen LogP contribution >= 0.6 is 15.6 Å². The number of hydrogen-bond donors (Lipinski definition) is 0. The molecule has 1 fully saturated rings. The van der Waals surface area contributed by atoms with E-state index in [2.05, 4.69) is 9.05 Å². The first-order chi connectivity index (χ1) is 5.21. The third-order valence-corrected chi connectivity index (χ3v) is 2.00. The molecule has 8 nitrogen and oxygen atoms in total. The van der Waals surface area contributed by atoms with E-state index in [4.69, 9.17) is 0 Å². The standard InChI is InChI=1S/C2H4O.4Na.H4O7P2/c1-2-3-1;;;;;1-8(2,3)7-9(4,5)6/h1-2H2;;;;;(H2,1,2,3)(H2,4,5,6)/q;4*+1;/p-4. The Morgan fingerprint density at radius 1 is 0.812 bits per heavy atom. The van der Waals surface area contributed by atoms with Crippen LogP contribution < -0.4 is 138 Å². The van der Waals surface area contributed by atoms with Crippen LogP contribution in [0.25, 0.3) is 0 Å². The molecule has 0 aromatic heterocycles. The molecule has 1 aliphatic heterocycles. The zero-order valence-corrected chi connectivity index (χ0v) is 19.4. The molecule has 0 aromatic rings. The molecule has 0 radical (unpaired) electrons. The van der Waals surface area contributed by atoms with Crippen molar-refractivity contribution in [1.82, 2.24) is 0 Å². The zero-order chi connectivity index (χ0) is 9.83. The molecular formula is C2H4Na4O8P2. The van der Waals surface area contributed by atoms with Gasteiger partial charge in [0.1, 0.15) is 0 Å². The molecule has 0 bridgehead atoms. The minimum Gasteiger partial charge on any atom is -0.790 e. The van der Waals surface area contributed by atoms with Gasteiger partial charge < -0.3 is 37.8 Å². The van der Waals surface area contributed by atoms with Crippen molar-refractivity contribution in [1.29, 1.82) is 0 Å². The third kappa shape index (κ3) is 42.9. The average Bonchev–Trinajstić information content (AvgIpc) is 2.28. The van der Waals surface area contributed by atoms with Crippen LogP contribution in [0.4, 0.5) is 0 Å². The Balaban J connectivity index is -0.0000000504. The van der Waals surface area contributed by atoms with Crippen molar-refractivity contribution in [2.45, 2.75) is 0 Å². The molecule has 0 aliphatic carbocycles. The second-order valence-electron chi connectivity index (χ2n) is 1.59. The van der Waals surface area contributed by atoms with E-state index in [0.29, 0.717) is 0 Å². The van der Waals surface area contributed by atoms with Gasteiger partial charge >= 0.3 is 118 Å². The summed E-state index contributed by atoms with van der Waals surface area (Å²) in [6.45, 7) is 2.00. The summed E-state index contributed by atoms with van der Waals surface area (Å²) in [6, 6.07) is 0. The van der Waals surface area contributed by atoms with E-state index in [9.17, 15) is 28.7 Å². The first-order valence-corrected chi connectivity index (χ1v) is 5.46. The quantitative estimate of drug-likeness (QED) is 0.277. The van der Waals surface area contributed by atoms with E-state index >= 15 is 0 Å². The van der Waals surface area contributed by atoms with E-state index in [1.54, 1.807) is 0 Å². The number of phosphoric acid groups is 2. The summed E-state index contributed by atoms with van der Waals surface area (Å²) in [5.74, 6) is 0. The monoisotopic (exact) mass is 310 g/mol. The van der Waals surface area contributed by atoms with Crippen LogP contribution in [-0.4, -0.2) is 13.2 Å². The summed E-state index contributed by atoms with van der Waals surface area (Å²) in [6.07, 6.45) is 0. The summed E-state index contributed by atoms with van der Waals surface area (Å²) >= 11 is 0. The molecule has 16 heavy (non-hydrogen) atoms. The van der Waals surface area contributed by atoms with Crippen LogP contribution in [0.15, 0.2) is 0 Å². The summed E-state index contributed by atoms with van der Waals surface area (Å²) in [4.78, 5) is 37.3. The Kier molecular flexibility index (Phi) is 31.5. The topological polar surface area (TPSA) is 148 Å².